The van der Waals surface area contributed by atoms with Crippen LogP contribution in [0.25, 0.3) is 28.5 Å². The van der Waals surface area contributed by atoms with Gasteiger partial charge in [-0.05, 0) is 42.5 Å². The summed E-state index contributed by atoms with van der Waals surface area (Å²) < 4.78 is 23.6. The maximum Gasteiger partial charge on any atom is 0.236 e. The Morgan fingerprint density at radius 1 is 1.00 bits per heavy atom. The Morgan fingerprint density at radius 3 is 2.58 bits per heavy atom. The van der Waals surface area contributed by atoms with Gasteiger partial charge in [0.05, 0.1) is 44.7 Å². The smallest absolute Gasteiger partial charge is 0.236 e. The van der Waals surface area contributed by atoms with Crippen molar-refractivity contribution in [3.05, 3.63) is 66.2 Å². The van der Waals surface area contributed by atoms with Crippen LogP contribution in [0.15, 0.2) is 75.8 Å². The molecule has 0 spiro atoms. The van der Waals surface area contributed by atoms with Crippen LogP contribution in [0.4, 0.5) is 5.13 Å². The number of benzene rings is 2. The number of furan rings is 1. The zero-order valence-corrected chi connectivity index (χ0v) is 22.3. The molecule has 3 heterocycles. The molecule has 0 radical (unpaired) electrons. The minimum absolute atomic E-state index is 0.0940. The molecule has 0 saturated heterocycles. The summed E-state index contributed by atoms with van der Waals surface area (Å²) in [4.78, 5) is 17.4. The summed E-state index contributed by atoms with van der Waals surface area (Å²) in [6.07, 6.45) is 1.57. The Bertz CT molecular complexity index is 1550. The van der Waals surface area contributed by atoms with Gasteiger partial charge in [-0.25, -0.2) is 4.98 Å². The van der Waals surface area contributed by atoms with E-state index in [4.69, 9.17) is 18.6 Å². The quantitative estimate of drug-likeness (QED) is 0.229. The van der Waals surface area contributed by atoms with Gasteiger partial charge in [-0.15, -0.1) is 21.5 Å². The third-order valence-electron chi connectivity index (χ3n) is 5.46. The Hall–Kier alpha value is -4.29. The molecule has 2 aromatic carbocycles. The first-order valence-corrected chi connectivity index (χ1v) is 13.2. The number of amides is 1. The van der Waals surface area contributed by atoms with E-state index in [1.807, 2.05) is 52.4 Å². The topological polar surface area (TPSA) is 114 Å². The molecular formula is C26H23N5O5S2. The van der Waals surface area contributed by atoms with E-state index in [9.17, 15) is 4.79 Å². The molecule has 0 saturated carbocycles. The van der Waals surface area contributed by atoms with E-state index in [-0.39, 0.29) is 11.7 Å². The van der Waals surface area contributed by atoms with Crippen molar-refractivity contribution in [1.82, 2.24) is 19.7 Å². The van der Waals surface area contributed by atoms with Crippen LogP contribution in [-0.4, -0.2) is 52.7 Å². The number of methoxy groups -OCH3 is 3. The molecule has 12 heteroatoms. The van der Waals surface area contributed by atoms with Gasteiger partial charge in [0.15, 0.2) is 27.5 Å². The maximum absolute atomic E-state index is 12.8. The van der Waals surface area contributed by atoms with Crippen LogP contribution in [0.2, 0.25) is 0 Å². The summed E-state index contributed by atoms with van der Waals surface area (Å²) in [5.41, 5.74) is 2.30. The first kappa shape index (κ1) is 25.4. The van der Waals surface area contributed by atoms with Gasteiger partial charge in [-0.2, -0.15) is 0 Å². The molecule has 1 amide bonds. The number of carbonyl (C=O) groups excluding carboxylic acids is 1. The molecule has 0 aliphatic rings. The zero-order valence-electron chi connectivity index (χ0n) is 20.7. The number of anilines is 1. The summed E-state index contributed by atoms with van der Waals surface area (Å²) >= 11 is 2.58. The van der Waals surface area contributed by atoms with Gasteiger partial charge in [0.1, 0.15) is 5.75 Å². The van der Waals surface area contributed by atoms with Gasteiger partial charge in [0.2, 0.25) is 11.7 Å². The molecule has 3 aromatic heterocycles. The number of nitrogens with zero attached hydrogens (tertiary/aromatic N) is 4. The fourth-order valence-corrected chi connectivity index (χ4v) is 5.19. The maximum atomic E-state index is 12.8. The standard InChI is InChI=1S/C26H23N5O5S2/c1-33-19-8-5-4-7-18(19)31-24(21-9-6-12-36-21)29-30-26(31)38-15-23(32)28-25-27-17(14-37-25)16-10-11-20(34-2)22(13-16)35-3/h4-14H,15H2,1-3H3,(H,27,28,32). The second-order valence-corrected chi connectivity index (χ2v) is 9.54. The van der Waals surface area contributed by atoms with Gasteiger partial charge < -0.3 is 23.9 Å². The summed E-state index contributed by atoms with van der Waals surface area (Å²) in [6.45, 7) is 0. The lowest BCUT2D eigenvalue weighted by atomic mass is 10.1. The van der Waals surface area contributed by atoms with E-state index in [0.29, 0.717) is 39.1 Å². The minimum atomic E-state index is -0.225. The molecule has 10 nitrogen and oxygen atoms in total. The van der Waals surface area contributed by atoms with E-state index >= 15 is 0 Å². The predicted molar refractivity (Wildman–Crippen MR) is 146 cm³/mol. The number of carbonyl (C=O) groups is 1. The number of thiazole rings is 1. The van der Waals surface area contributed by atoms with Crippen molar-refractivity contribution >= 4 is 34.1 Å². The molecule has 194 valence electrons. The molecule has 1 N–H and O–H groups in total. The van der Waals surface area contributed by atoms with Crippen LogP contribution >= 0.6 is 23.1 Å². The highest BCUT2D eigenvalue weighted by Crippen LogP contribution is 2.35. The van der Waals surface area contributed by atoms with Crippen molar-refractivity contribution in [2.75, 3.05) is 32.4 Å². The number of hydrogen-bond donors (Lipinski definition) is 1. The van der Waals surface area contributed by atoms with E-state index in [2.05, 4.69) is 20.5 Å². The second-order valence-electron chi connectivity index (χ2n) is 7.74. The fourth-order valence-electron chi connectivity index (χ4n) is 3.71. The normalized spacial score (nSPS) is 10.8. The van der Waals surface area contributed by atoms with E-state index < -0.39 is 0 Å². The Kier molecular flexibility index (Phi) is 7.61. The van der Waals surface area contributed by atoms with Crippen molar-refractivity contribution in [2.24, 2.45) is 0 Å². The predicted octanol–water partition coefficient (Wildman–Crippen LogP) is 5.41. The summed E-state index contributed by atoms with van der Waals surface area (Å²) in [6, 6.07) is 16.6. The van der Waals surface area contributed by atoms with E-state index in [1.165, 1.54) is 23.1 Å². The number of aromatic nitrogens is 4. The highest BCUT2D eigenvalue weighted by molar-refractivity contribution is 7.99. The number of hydrogen-bond acceptors (Lipinski definition) is 10. The summed E-state index contributed by atoms with van der Waals surface area (Å²) in [5, 5.41) is 14.4. The van der Waals surface area contributed by atoms with Crippen molar-refractivity contribution in [2.45, 2.75) is 5.16 Å². The Balaban J connectivity index is 1.32. The molecule has 0 aliphatic heterocycles. The molecule has 0 bridgehead atoms. The SMILES string of the molecule is COc1ccc(-c2csc(NC(=O)CSc3nnc(-c4ccco4)n3-c3ccccc3OC)n2)cc1OC. The minimum Gasteiger partial charge on any atom is -0.495 e. The monoisotopic (exact) mass is 549 g/mol. The first-order valence-electron chi connectivity index (χ1n) is 11.3. The molecular weight excluding hydrogens is 526 g/mol. The lowest BCUT2D eigenvalue weighted by molar-refractivity contribution is -0.113. The summed E-state index contributed by atoms with van der Waals surface area (Å²) in [7, 11) is 4.77. The molecule has 5 aromatic rings. The molecule has 0 aliphatic carbocycles. The number of ether oxygens (including phenoxy) is 3. The number of rotatable bonds is 10. The number of nitrogens with one attached hydrogen (secondary N) is 1. The number of para-hydroxylation sites is 2. The van der Waals surface area contributed by atoms with Crippen LogP contribution in [0.3, 0.4) is 0 Å². The van der Waals surface area contributed by atoms with Crippen LogP contribution in [0.1, 0.15) is 0 Å². The highest BCUT2D eigenvalue weighted by Gasteiger charge is 2.21. The average Bonchev–Trinajstić information content (AvgIpc) is 3.72. The van der Waals surface area contributed by atoms with Crippen molar-refractivity contribution < 1.29 is 23.4 Å². The van der Waals surface area contributed by atoms with Crippen LogP contribution in [-0.2, 0) is 4.79 Å². The lowest BCUT2D eigenvalue weighted by Crippen LogP contribution is -2.14. The van der Waals surface area contributed by atoms with Gasteiger partial charge in [0.25, 0.3) is 0 Å². The molecule has 0 atom stereocenters. The van der Waals surface area contributed by atoms with Gasteiger partial charge in [-0.1, -0.05) is 23.9 Å². The third-order valence-corrected chi connectivity index (χ3v) is 7.15. The van der Waals surface area contributed by atoms with Crippen molar-refractivity contribution in [3.63, 3.8) is 0 Å². The van der Waals surface area contributed by atoms with E-state index in [1.54, 1.807) is 39.7 Å². The van der Waals surface area contributed by atoms with Crippen LogP contribution in [0, 0.1) is 0 Å². The van der Waals surface area contributed by atoms with Gasteiger partial charge in [0, 0.05) is 10.9 Å². The van der Waals surface area contributed by atoms with Crippen molar-refractivity contribution in [3.8, 4) is 45.8 Å². The largest absolute Gasteiger partial charge is 0.495 e. The van der Waals surface area contributed by atoms with Crippen LogP contribution in [0.5, 0.6) is 17.2 Å². The molecule has 0 fully saturated rings. The average molecular weight is 550 g/mol. The second kappa shape index (κ2) is 11.4. The van der Waals surface area contributed by atoms with Crippen molar-refractivity contribution in [1.29, 1.82) is 0 Å². The number of thioether (sulfide) groups is 1. The zero-order chi connectivity index (χ0) is 26.5. The highest BCUT2D eigenvalue weighted by atomic mass is 32.2. The first-order chi connectivity index (χ1) is 18.6. The molecule has 0 unspecified atom stereocenters. The fraction of sp³-hybridized carbons (Fsp3) is 0.154. The molecule has 38 heavy (non-hydrogen) atoms. The van der Waals surface area contributed by atoms with Gasteiger partial charge in [-0.3, -0.25) is 9.36 Å². The molecule has 5 rings (SSSR count). The Morgan fingerprint density at radius 2 is 1.82 bits per heavy atom. The lowest BCUT2D eigenvalue weighted by Gasteiger charge is -2.12. The summed E-state index contributed by atoms with van der Waals surface area (Å²) in [5.74, 6) is 2.79. The van der Waals surface area contributed by atoms with Crippen LogP contribution < -0.4 is 19.5 Å². The third kappa shape index (κ3) is 5.22. The van der Waals surface area contributed by atoms with Gasteiger partial charge >= 0.3 is 0 Å². The van der Waals surface area contributed by atoms with E-state index in [0.717, 1.165) is 16.9 Å². The Labute approximate surface area is 226 Å².